The lowest BCUT2D eigenvalue weighted by atomic mass is 10.0. The predicted molar refractivity (Wildman–Crippen MR) is 92.4 cm³/mol. The molecule has 0 aliphatic rings. The Morgan fingerprint density at radius 3 is 2.40 bits per heavy atom. The molecule has 0 fully saturated rings. The van der Waals surface area contributed by atoms with E-state index >= 15 is 0 Å². The Bertz CT molecular complexity index is 732. The Kier molecular flexibility index (Phi) is 6.51. The van der Waals surface area contributed by atoms with E-state index in [1.807, 2.05) is 0 Å². The van der Waals surface area contributed by atoms with Crippen molar-refractivity contribution in [3.05, 3.63) is 65.5 Å². The summed E-state index contributed by atoms with van der Waals surface area (Å²) >= 11 is 0. The topological polar surface area (TPSA) is 67.4 Å². The first kappa shape index (κ1) is 18.4. The van der Waals surface area contributed by atoms with E-state index in [4.69, 9.17) is 4.74 Å². The van der Waals surface area contributed by atoms with E-state index in [0.29, 0.717) is 11.3 Å². The average Bonchev–Trinajstić information content (AvgIpc) is 2.60. The first-order valence-electron chi connectivity index (χ1n) is 7.90. The van der Waals surface area contributed by atoms with Crippen LogP contribution in [0.2, 0.25) is 0 Å². The normalized spacial score (nSPS) is 11.5. The zero-order chi connectivity index (χ0) is 18.2. The number of amides is 2. The van der Waals surface area contributed by atoms with Gasteiger partial charge in [-0.05, 0) is 23.8 Å². The van der Waals surface area contributed by atoms with Crippen LogP contribution in [-0.2, 0) is 16.1 Å². The molecule has 0 heterocycles. The first-order valence-corrected chi connectivity index (χ1v) is 7.90. The summed E-state index contributed by atoms with van der Waals surface area (Å²) in [6.07, 6.45) is 0.0559. The lowest BCUT2D eigenvalue weighted by molar-refractivity contribution is -0.122. The van der Waals surface area contributed by atoms with Gasteiger partial charge in [-0.15, -0.1) is 0 Å². The highest BCUT2D eigenvalue weighted by atomic mass is 19.1. The minimum Gasteiger partial charge on any atom is -0.497 e. The third-order valence-electron chi connectivity index (χ3n) is 3.72. The van der Waals surface area contributed by atoms with Crippen molar-refractivity contribution < 1.29 is 18.7 Å². The minimum atomic E-state index is -0.468. The number of rotatable bonds is 7. The van der Waals surface area contributed by atoms with Gasteiger partial charge in [0.2, 0.25) is 11.8 Å². The Balaban J connectivity index is 2.01. The number of halogens is 1. The molecule has 0 saturated carbocycles. The molecule has 132 valence electrons. The van der Waals surface area contributed by atoms with E-state index < -0.39 is 6.04 Å². The summed E-state index contributed by atoms with van der Waals surface area (Å²) < 4.78 is 18.7. The van der Waals surface area contributed by atoms with Crippen molar-refractivity contribution in [2.75, 3.05) is 7.11 Å². The highest BCUT2D eigenvalue weighted by Gasteiger charge is 2.17. The van der Waals surface area contributed by atoms with Gasteiger partial charge in [0.15, 0.2) is 0 Å². The van der Waals surface area contributed by atoms with Crippen molar-refractivity contribution in [3.8, 4) is 5.75 Å². The highest BCUT2D eigenvalue weighted by Crippen LogP contribution is 2.20. The lowest BCUT2D eigenvalue weighted by Crippen LogP contribution is -2.32. The maximum Gasteiger partial charge on any atom is 0.222 e. The summed E-state index contributed by atoms with van der Waals surface area (Å²) in [6, 6.07) is 12.9. The van der Waals surface area contributed by atoms with Crippen LogP contribution < -0.4 is 15.4 Å². The van der Waals surface area contributed by atoms with Gasteiger partial charge in [0.25, 0.3) is 0 Å². The van der Waals surface area contributed by atoms with E-state index in [1.54, 1.807) is 49.6 Å². The minimum absolute atomic E-state index is 0.0559. The summed E-state index contributed by atoms with van der Waals surface area (Å²) in [4.78, 5) is 23.6. The highest BCUT2D eigenvalue weighted by molar-refractivity contribution is 5.79. The number of hydrogen-bond donors (Lipinski definition) is 2. The van der Waals surface area contributed by atoms with Crippen LogP contribution in [0.4, 0.5) is 4.39 Å². The molecule has 0 bridgehead atoms. The molecule has 1 atom stereocenters. The fraction of sp³-hybridized carbons (Fsp3) is 0.263. The maximum atomic E-state index is 13.6. The number of hydrogen-bond acceptors (Lipinski definition) is 3. The van der Waals surface area contributed by atoms with Crippen LogP contribution in [0.5, 0.6) is 5.75 Å². The van der Waals surface area contributed by atoms with Crippen LogP contribution in [0.1, 0.15) is 30.5 Å². The van der Waals surface area contributed by atoms with Gasteiger partial charge in [-0.2, -0.15) is 0 Å². The van der Waals surface area contributed by atoms with Crippen LogP contribution in [0.25, 0.3) is 0 Å². The molecule has 0 spiro atoms. The Hall–Kier alpha value is -2.89. The summed E-state index contributed by atoms with van der Waals surface area (Å²) in [5.41, 5.74) is 1.20. The van der Waals surface area contributed by atoms with Crippen LogP contribution in [0.3, 0.4) is 0 Å². The van der Waals surface area contributed by atoms with E-state index in [2.05, 4.69) is 10.6 Å². The van der Waals surface area contributed by atoms with Gasteiger partial charge >= 0.3 is 0 Å². The summed E-state index contributed by atoms with van der Waals surface area (Å²) in [6.45, 7) is 1.49. The fourth-order valence-electron chi connectivity index (χ4n) is 2.43. The van der Waals surface area contributed by atoms with Crippen molar-refractivity contribution in [1.29, 1.82) is 0 Å². The molecular weight excluding hydrogens is 323 g/mol. The first-order chi connectivity index (χ1) is 12.0. The maximum absolute atomic E-state index is 13.6. The second kappa shape index (κ2) is 8.82. The van der Waals surface area contributed by atoms with Crippen molar-refractivity contribution in [3.63, 3.8) is 0 Å². The number of nitrogens with one attached hydrogen (secondary N) is 2. The number of benzene rings is 2. The largest absolute Gasteiger partial charge is 0.497 e. The zero-order valence-corrected chi connectivity index (χ0v) is 14.2. The van der Waals surface area contributed by atoms with Gasteiger partial charge in [-0.3, -0.25) is 9.59 Å². The van der Waals surface area contributed by atoms with Crippen LogP contribution in [0, 0.1) is 5.82 Å². The standard InChI is InChI=1S/C19H21FN2O3/c1-13(23)22-18(14-7-9-16(25-2)10-8-14)11-19(24)21-12-15-5-3-4-6-17(15)20/h3-10,18H,11-12H2,1-2H3,(H,21,24)(H,22,23)/t18-/m0/s1. The van der Waals surface area contributed by atoms with Gasteiger partial charge in [0.05, 0.1) is 19.6 Å². The molecule has 0 aliphatic heterocycles. The summed E-state index contributed by atoms with van der Waals surface area (Å²) in [5, 5.41) is 5.44. The molecule has 2 aromatic carbocycles. The second-order valence-corrected chi connectivity index (χ2v) is 5.60. The number of carbonyl (C=O) groups is 2. The molecule has 2 aromatic rings. The second-order valence-electron chi connectivity index (χ2n) is 5.60. The quantitative estimate of drug-likeness (QED) is 0.811. The van der Waals surface area contributed by atoms with Crippen LogP contribution >= 0.6 is 0 Å². The molecule has 0 aromatic heterocycles. The Labute approximate surface area is 146 Å². The molecule has 2 rings (SSSR count). The van der Waals surface area contributed by atoms with E-state index in [-0.39, 0.29) is 30.6 Å². The Morgan fingerprint density at radius 2 is 1.80 bits per heavy atom. The van der Waals surface area contributed by atoms with Gasteiger partial charge in [0.1, 0.15) is 11.6 Å². The molecule has 0 aliphatic carbocycles. The Morgan fingerprint density at radius 1 is 1.12 bits per heavy atom. The third-order valence-corrected chi connectivity index (χ3v) is 3.72. The van der Waals surface area contributed by atoms with E-state index in [9.17, 15) is 14.0 Å². The molecule has 0 saturated heterocycles. The molecule has 5 nitrogen and oxygen atoms in total. The fourth-order valence-corrected chi connectivity index (χ4v) is 2.43. The molecule has 2 N–H and O–H groups in total. The number of carbonyl (C=O) groups excluding carboxylic acids is 2. The van der Waals surface area contributed by atoms with Gasteiger partial charge < -0.3 is 15.4 Å². The molecule has 25 heavy (non-hydrogen) atoms. The van der Waals surface area contributed by atoms with Crippen LogP contribution in [0.15, 0.2) is 48.5 Å². The lowest BCUT2D eigenvalue weighted by Gasteiger charge is -2.18. The van der Waals surface area contributed by atoms with Gasteiger partial charge in [-0.25, -0.2) is 4.39 Å². The number of methoxy groups -OCH3 is 1. The van der Waals surface area contributed by atoms with Crippen molar-refractivity contribution in [1.82, 2.24) is 10.6 Å². The smallest absolute Gasteiger partial charge is 0.222 e. The van der Waals surface area contributed by atoms with Crippen molar-refractivity contribution in [2.24, 2.45) is 0 Å². The monoisotopic (exact) mass is 344 g/mol. The van der Waals surface area contributed by atoms with Gasteiger partial charge in [-0.1, -0.05) is 30.3 Å². The SMILES string of the molecule is COc1ccc([C@H](CC(=O)NCc2ccccc2F)NC(C)=O)cc1. The average molecular weight is 344 g/mol. The van der Waals surface area contributed by atoms with Gasteiger partial charge in [0, 0.05) is 19.0 Å². The molecule has 0 radical (unpaired) electrons. The van der Waals surface area contributed by atoms with E-state index in [0.717, 1.165) is 5.56 Å². The summed E-state index contributed by atoms with van der Waals surface area (Å²) in [7, 11) is 1.57. The predicted octanol–water partition coefficient (Wildman–Crippen LogP) is 2.72. The molecule has 0 unspecified atom stereocenters. The molecular formula is C19H21FN2O3. The number of ether oxygens (including phenoxy) is 1. The van der Waals surface area contributed by atoms with E-state index in [1.165, 1.54) is 13.0 Å². The molecule has 2 amide bonds. The van der Waals surface area contributed by atoms with Crippen molar-refractivity contribution in [2.45, 2.75) is 25.9 Å². The van der Waals surface area contributed by atoms with Crippen molar-refractivity contribution >= 4 is 11.8 Å². The zero-order valence-electron chi connectivity index (χ0n) is 14.2. The summed E-state index contributed by atoms with van der Waals surface area (Å²) in [5.74, 6) is -0.189. The van der Waals surface area contributed by atoms with Crippen LogP contribution in [-0.4, -0.2) is 18.9 Å². The molecule has 6 heteroatoms. The third kappa shape index (κ3) is 5.60.